The summed E-state index contributed by atoms with van der Waals surface area (Å²) in [5.74, 6) is -1.10. The fraction of sp³-hybridized carbons (Fsp3) is 0.160. The fourth-order valence-electron chi connectivity index (χ4n) is 3.10. The molecule has 30 heavy (non-hydrogen) atoms. The zero-order valence-electron chi connectivity index (χ0n) is 17.1. The lowest BCUT2D eigenvalue weighted by Crippen LogP contribution is -2.38. The van der Waals surface area contributed by atoms with E-state index in [-0.39, 0.29) is 18.4 Å². The van der Waals surface area contributed by atoms with E-state index in [0.717, 1.165) is 22.3 Å². The van der Waals surface area contributed by atoms with Gasteiger partial charge in [0.2, 0.25) is 5.91 Å². The van der Waals surface area contributed by atoms with Crippen LogP contribution in [0.1, 0.15) is 35.1 Å². The molecule has 2 amide bonds. The van der Waals surface area contributed by atoms with Crippen LogP contribution in [0.2, 0.25) is 0 Å². The number of nitrogens with one attached hydrogen (secondary N) is 2. The molecule has 3 aromatic carbocycles. The smallest absolute Gasteiger partial charge is 0.259 e. The second kappa shape index (κ2) is 10.2. The van der Waals surface area contributed by atoms with Gasteiger partial charge in [-0.25, -0.2) is 5.43 Å². The molecule has 0 spiro atoms. The first-order valence-electron chi connectivity index (χ1n) is 9.82. The van der Waals surface area contributed by atoms with Gasteiger partial charge in [-0.3, -0.25) is 9.59 Å². The number of amides is 2. The number of carbonyl (C=O) groups excluding carboxylic acids is 2. The summed E-state index contributed by atoms with van der Waals surface area (Å²) in [5, 5.41) is 6.86. The molecule has 0 saturated carbocycles. The predicted octanol–water partition coefficient (Wildman–Crippen LogP) is 3.78. The molecule has 0 atom stereocenters. The lowest BCUT2D eigenvalue weighted by molar-refractivity contribution is -0.126. The normalized spacial score (nSPS) is 11.2. The molecule has 0 aliphatic carbocycles. The third kappa shape index (κ3) is 5.64. The molecule has 3 aromatic rings. The monoisotopic (exact) mass is 399 g/mol. The Morgan fingerprint density at radius 2 is 1.37 bits per heavy atom. The van der Waals surface area contributed by atoms with Crippen molar-refractivity contribution in [1.29, 1.82) is 0 Å². The summed E-state index contributed by atoms with van der Waals surface area (Å²) < 4.78 is 0. The second-order valence-corrected chi connectivity index (χ2v) is 7.07. The summed E-state index contributed by atoms with van der Waals surface area (Å²) in [7, 11) is 0. The van der Waals surface area contributed by atoms with E-state index in [1.165, 1.54) is 0 Å². The first-order chi connectivity index (χ1) is 14.5. The molecule has 5 nitrogen and oxygen atoms in total. The van der Waals surface area contributed by atoms with Crippen molar-refractivity contribution in [3.05, 3.63) is 107 Å². The molecule has 0 aromatic heterocycles. The van der Waals surface area contributed by atoms with Gasteiger partial charge in [0, 0.05) is 0 Å². The van der Waals surface area contributed by atoms with E-state index in [1.807, 2.05) is 98.8 Å². The molecule has 0 aliphatic heterocycles. The molecule has 0 fully saturated rings. The molecule has 0 unspecified atom stereocenters. The van der Waals surface area contributed by atoms with Crippen molar-refractivity contribution in [1.82, 2.24) is 10.7 Å². The summed E-state index contributed by atoms with van der Waals surface area (Å²) in [6.07, 6.45) is 0. The SMILES string of the molecule is C/C(=N/NC(=O)CNC(=O)C(c1ccccc1)c1ccccc1)c1ccc(C)cc1. The quantitative estimate of drug-likeness (QED) is 0.469. The van der Waals surface area contributed by atoms with Gasteiger partial charge in [-0.05, 0) is 30.5 Å². The number of hydrazone groups is 1. The highest BCUT2D eigenvalue weighted by Gasteiger charge is 2.22. The van der Waals surface area contributed by atoms with E-state index >= 15 is 0 Å². The Hall–Kier alpha value is -3.73. The fourth-order valence-corrected chi connectivity index (χ4v) is 3.10. The number of hydrogen-bond donors (Lipinski definition) is 2. The standard InChI is InChI=1S/C25H25N3O2/c1-18-13-15-20(16-14-18)19(2)27-28-23(29)17-26-25(30)24(21-9-5-3-6-10-21)22-11-7-4-8-12-22/h3-16,24H,17H2,1-2H3,(H,26,30)(H,28,29)/b27-19-. The van der Waals surface area contributed by atoms with Crippen molar-refractivity contribution in [2.24, 2.45) is 5.10 Å². The molecule has 2 N–H and O–H groups in total. The molecule has 0 aliphatic rings. The van der Waals surface area contributed by atoms with Crippen molar-refractivity contribution in [2.45, 2.75) is 19.8 Å². The molecule has 152 valence electrons. The van der Waals surface area contributed by atoms with Gasteiger partial charge >= 0.3 is 0 Å². The Bertz CT molecular complexity index is 974. The van der Waals surface area contributed by atoms with Crippen LogP contribution >= 0.6 is 0 Å². The van der Waals surface area contributed by atoms with Crippen LogP contribution in [0.15, 0.2) is 90.0 Å². The average Bonchev–Trinajstić information content (AvgIpc) is 2.78. The maximum Gasteiger partial charge on any atom is 0.259 e. The molecule has 0 bridgehead atoms. The van der Waals surface area contributed by atoms with Crippen LogP contribution < -0.4 is 10.7 Å². The first kappa shape index (κ1) is 21.0. The van der Waals surface area contributed by atoms with Gasteiger partial charge in [-0.2, -0.15) is 5.10 Å². The van der Waals surface area contributed by atoms with Crippen LogP contribution in [0.25, 0.3) is 0 Å². The number of benzene rings is 3. The highest BCUT2D eigenvalue weighted by atomic mass is 16.2. The summed E-state index contributed by atoms with van der Waals surface area (Å²) in [6.45, 7) is 3.68. The summed E-state index contributed by atoms with van der Waals surface area (Å²) >= 11 is 0. The minimum Gasteiger partial charge on any atom is -0.346 e. The maximum atomic E-state index is 12.9. The molecular formula is C25H25N3O2. The minimum atomic E-state index is -0.488. The Balaban J connectivity index is 1.63. The van der Waals surface area contributed by atoms with Gasteiger partial charge in [-0.15, -0.1) is 0 Å². The highest BCUT2D eigenvalue weighted by molar-refractivity contribution is 5.99. The van der Waals surface area contributed by atoms with Gasteiger partial charge in [0.25, 0.3) is 5.91 Å². The highest BCUT2D eigenvalue weighted by Crippen LogP contribution is 2.24. The van der Waals surface area contributed by atoms with Crippen LogP contribution in [0, 0.1) is 6.92 Å². The molecule has 0 heterocycles. The zero-order chi connectivity index (χ0) is 21.3. The molecule has 3 rings (SSSR count). The van der Waals surface area contributed by atoms with Gasteiger partial charge in [0.15, 0.2) is 0 Å². The van der Waals surface area contributed by atoms with Crippen LogP contribution in [0.5, 0.6) is 0 Å². The van der Waals surface area contributed by atoms with Crippen LogP contribution in [-0.2, 0) is 9.59 Å². The number of rotatable bonds is 7. The van der Waals surface area contributed by atoms with E-state index in [4.69, 9.17) is 0 Å². The van der Waals surface area contributed by atoms with Gasteiger partial charge < -0.3 is 5.32 Å². The van der Waals surface area contributed by atoms with Crippen molar-refractivity contribution < 1.29 is 9.59 Å². The summed E-state index contributed by atoms with van der Waals surface area (Å²) in [5.41, 5.74) is 7.03. The van der Waals surface area contributed by atoms with Gasteiger partial charge in [0.1, 0.15) is 0 Å². The van der Waals surface area contributed by atoms with Crippen molar-refractivity contribution in [3.8, 4) is 0 Å². The summed E-state index contributed by atoms with van der Waals surface area (Å²) in [6, 6.07) is 26.9. The average molecular weight is 399 g/mol. The van der Waals surface area contributed by atoms with Crippen molar-refractivity contribution >= 4 is 17.5 Å². The van der Waals surface area contributed by atoms with Gasteiger partial charge in [-0.1, -0.05) is 90.5 Å². The predicted molar refractivity (Wildman–Crippen MR) is 119 cm³/mol. The van der Waals surface area contributed by atoms with Crippen molar-refractivity contribution in [2.75, 3.05) is 6.54 Å². The van der Waals surface area contributed by atoms with Crippen LogP contribution in [0.4, 0.5) is 0 Å². The summed E-state index contributed by atoms with van der Waals surface area (Å²) in [4.78, 5) is 25.1. The lowest BCUT2D eigenvalue weighted by Gasteiger charge is -2.17. The Labute approximate surface area is 176 Å². The Kier molecular flexibility index (Phi) is 7.11. The molecule has 5 heteroatoms. The van der Waals surface area contributed by atoms with E-state index < -0.39 is 5.92 Å². The lowest BCUT2D eigenvalue weighted by atomic mass is 9.90. The molecule has 0 radical (unpaired) electrons. The number of hydrogen-bond acceptors (Lipinski definition) is 3. The third-order valence-corrected chi connectivity index (χ3v) is 4.77. The van der Waals surface area contributed by atoms with E-state index in [0.29, 0.717) is 5.71 Å². The van der Waals surface area contributed by atoms with Crippen LogP contribution in [-0.4, -0.2) is 24.1 Å². The molecule has 0 saturated heterocycles. The van der Waals surface area contributed by atoms with E-state index in [9.17, 15) is 9.59 Å². The topological polar surface area (TPSA) is 70.6 Å². The second-order valence-electron chi connectivity index (χ2n) is 7.07. The first-order valence-corrected chi connectivity index (χ1v) is 9.82. The number of nitrogens with zero attached hydrogens (tertiary/aromatic N) is 1. The minimum absolute atomic E-state index is 0.153. The number of aryl methyl sites for hydroxylation is 1. The maximum absolute atomic E-state index is 12.9. The Morgan fingerprint density at radius 1 is 0.833 bits per heavy atom. The van der Waals surface area contributed by atoms with Crippen molar-refractivity contribution in [3.63, 3.8) is 0 Å². The zero-order valence-corrected chi connectivity index (χ0v) is 17.1. The number of carbonyl (C=O) groups is 2. The Morgan fingerprint density at radius 3 is 1.90 bits per heavy atom. The van der Waals surface area contributed by atoms with E-state index in [2.05, 4.69) is 15.8 Å². The van der Waals surface area contributed by atoms with Gasteiger partial charge in [0.05, 0.1) is 18.2 Å². The largest absolute Gasteiger partial charge is 0.346 e. The third-order valence-electron chi connectivity index (χ3n) is 4.77. The molecular weight excluding hydrogens is 374 g/mol. The van der Waals surface area contributed by atoms with Crippen LogP contribution in [0.3, 0.4) is 0 Å². The van der Waals surface area contributed by atoms with E-state index in [1.54, 1.807) is 0 Å².